The van der Waals surface area contributed by atoms with Gasteiger partial charge < -0.3 is 26.5 Å². The van der Waals surface area contributed by atoms with Crippen molar-refractivity contribution in [1.82, 2.24) is 0 Å². The fraction of sp³-hybridized carbons (Fsp3) is 0.0769. The van der Waals surface area contributed by atoms with E-state index in [-0.39, 0.29) is 17.0 Å². The number of benzene rings is 4. The van der Waals surface area contributed by atoms with Gasteiger partial charge in [-0.3, -0.25) is 0 Å². The highest BCUT2D eigenvalue weighted by molar-refractivity contribution is 7.95. The second-order valence-electron chi connectivity index (χ2n) is 7.13. The highest BCUT2D eigenvalue weighted by Crippen LogP contribution is 2.59. The largest absolute Gasteiger partial charge is 1.00 e. The molecule has 150 valence electrons. The van der Waals surface area contributed by atoms with Crippen LogP contribution in [0.2, 0.25) is 0 Å². The van der Waals surface area contributed by atoms with Gasteiger partial charge in [0.1, 0.15) is 29.3 Å². The molecule has 0 aromatic heterocycles. The summed E-state index contributed by atoms with van der Waals surface area (Å²) in [5.41, 5.74) is 1.20. The highest BCUT2D eigenvalue weighted by Gasteiger charge is 2.46. The van der Waals surface area contributed by atoms with Crippen molar-refractivity contribution in [3.63, 3.8) is 0 Å². The van der Waals surface area contributed by atoms with Crippen molar-refractivity contribution in [3.8, 4) is 11.5 Å². The number of fused-ring (bicyclic) bond motifs is 1. The van der Waals surface area contributed by atoms with Crippen LogP contribution in [0.4, 0.5) is 0 Å². The fourth-order valence-electron chi connectivity index (χ4n) is 4.14. The van der Waals surface area contributed by atoms with Gasteiger partial charge in [-0.15, -0.1) is 0 Å². The maximum Gasteiger partial charge on any atom is 0.231 e. The third kappa shape index (κ3) is 3.64. The van der Waals surface area contributed by atoms with Crippen molar-refractivity contribution in [2.45, 2.75) is 6.16 Å². The summed E-state index contributed by atoms with van der Waals surface area (Å²) >= 11 is 0. The van der Waals surface area contributed by atoms with E-state index in [1.165, 1.54) is 21.5 Å². The van der Waals surface area contributed by atoms with Crippen LogP contribution in [-0.2, 0) is 6.16 Å². The Labute approximate surface area is 188 Å². The average molecular weight is 477 g/mol. The lowest BCUT2D eigenvalue weighted by Gasteiger charge is -2.28. The van der Waals surface area contributed by atoms with Gasteiger partial charge >= 0.3 is 0 Å². The molecule has 1 heterocycles. The monoisotopic (exact) mass is 476 g/mol. The minimum Gasteiger partial charge on any atom is -1.00 e. The van der Waals surface area contributed by atoms with Gasteiger partial charge in [-0.1, -0.05) is 66.7 Å². The summed E-state index contributed by atoms with van der Waals surface area (Å²) in [5.74, 6) is 1.73. The van der Waals surface area contributed by atoms with Crippen LogP contribution in [-0.4, -0.2) is 6.79 Å². The summed E-state index contributed by atoms with van der Waals surface area (Å²) in [7, 11) is -1.94. The highest BCUT2D eigenvalue weighted by atomic mass is 79.9. The molecule has 0 atom stereocenters. The molecule has 0 unspecified atom stereocenters. The molecule has 0 radical (unpaired) electrons. The summed E-state index contributed by atoms with van der Waals surface area (Å²) in [5, 5.41) is 4.11. The standard InChI is InChI=1S/C26H22O2P.BrH/c1-4-12-22(13-5-1)29(23-14-6-2-7-15-23,24-16-8-3-9-17-24)19-21-11-10-18-25-26(21)28-20-27-25;/h1-18H,19-20H2;1H/q+1;/p-1. The Morgan fingerprint density at radius 1 is 0.567 bits per heavy atom. The molecule has 1 aliphatic rings. The van der Waals surface area contributed by atoms with Crippen molar-refractivity contribution in [2.24, 2.45) is 0 Å². The van der Waals surface area contributed by atoms with Gasteiger partial charge in [-0.2, -0.15) is 0 Å². The zero-order valence-electron chi connectivity index (χ0n) is 16.4. The molecule has 4 heteroatoms. The van der Waals surface area contributed by atoms with Crippen molar-refractivity contribution in [3.05, 3.63) is 115 Å². The maximum atomic E-state index is 5.88. The second-order valence-corrected chi connectivity index (χ2v) is 10.6. The Morgan fingerprint density at radius 2 is 1.07 bits per heavy atom. The van der Waals surface area contributed by atoms with Gasteiger partial charge in [0.05, 0.1) is 0 Å². The smallest absolute Gasteiger partial charge is 0.231 e. The van der Waals surface area contributed by atoms with E-state index in [4.69, 9.17) is 9.47 Å². The van der Waals surface area contributed by atoms with Crippen LogP contribution in [0.3, 0.4) is 0 Å². The summed E-state index contributed by atoms with van der Waals surface area (Å²) in [6, 6.07) is 39.0. The van der Waals surface area contributed by atoms with Crippen LogP contribution in [0.1, 0.15) is 5.56 Å². The summed E-state index contributed by atoms with van der Waals surface area (Å²) in [4.78, 5) is 0. The first-order chi connectivity index (χ1) is 14.4. The maximum absolute atomic E-state index is 5.88. The molecular weight excluding hydrogens is 455 g/mol. The zero-order valence-corrected chi connectivity index (χ0v) is 18.9. The zero-order chi connectivity index (χ0) is 19.5. The van der Waals surface area contributed by atoms with Gasteiger partial charge in [-0.05, 0) is 42.5 Å². The number of rotatable bonds is 5. The predicted octanol–water partition coefficient (Wildman–Crippen LogP) is 1.91. The quantitative estimate of drug-likeness (QED) is 0.409. The van der Waals surface area contributed by atoms with Crippen LogP contribution >= 0.6 is 7.26 Å². The van der Waals surface area contributed by atoms with E-state index in [1.54, 1.807) is 0 Å². The van der Waals surface area contributed by atoms with Gasteiger partial charge in [0.25, 0.3) is 0 Å². The van der Waals surface area contributed by atoms with E-state index in [0.29, 0.717) is 6.79 Å². The number of halogens is 1. The molecular formula is C26H22BrO2P. The predicted molar refractivity (Wildman–Crippen MR) is 121 cm³/mol. The minimum atomic E-state index is -1.94. The molecule has 0 bridgehead atoms. The van der Waals surface area contributed by atoms with Crippen molar-refractivity contribution < 1.29 is 26.5 Å². The number of hydrogen-bond donors (Lipinski definition) is 0. The fourth-order valence-corrected chi connectivity index (χ4v) is 8.38. The van der Waals surface area contributed by atoms with E-state index in [0.717, 1.165) is 17.7 Å². The molecule has 2 nitrogen and oxygen atoms in total. The summed E-state index contributed by atoms with van der Waals surface area (Å²) in [6.45, 7) is 0.291. The van der Waals surface area contributed by atoms with E-state index in [9.17, 15) is 0 Å². The normalized spacial score (nSPS) is 12.3. The molecule has 5 rings (SSSR count). The summed E-state index contributed by atoms with van der Waals surface area (Å²) in [6.07, 6.45) is 0.886. The van der Waals surface area contributed by atoms with E-state index >= 15 is 0 Å². The third-order valence-corrected chi connectivity index (χ3v) is 9.83. The Bertz CT molecular complexity index is 1010. The van der Waals surface area contributed by atoms with Gasteiger partial charge in [0.2, 0.25) is 6.79 Å². The molecule has 1 aliphatic heterocycles. The molecule has 0 amide bonds. The Kier molecular flexibility index (Phi) is 6.22. The molecule has 0 saturated carbocycles. The van der Waals surface area contributed by atoms with E-state index in [2.05, 4.69) is 103 Å². The Hall–Kier alpha value is -2.61. The van der Waals surface area contributed by atoms with Gasteiger partial charge in [0, 0.05) is 5.56 Å². The first kappa shape index (κ1) is 20.7. The lowest BCUT2D eigenvalue weighted by molar-refractivity contribution is -0.00000706. The first-order valence-electron chi connectivity index (χ1n) is 9.80. The lowest BCUT2D eigenvalue weighted by atomic mass is 10.2. The molecule has 0 aliphatic carbocycles. The van der Waals surface area contributed by atoms with E-state index < -0.39 is 7.26 Å². The van der Waals surface area contributed by atoms with Gasteiger partial charge in [-0.25, -0.2) is 0 Å². The summed E-state index contributed by atoms with van der Waals surface area (Å²) < 4.78 is 11.5. The topological polar surface area (TPSA) is 18.5 Å². The molecule has 0 N–H and O–H groups in total. The minimum absolute atomic E-state index is 0. The molecule has 0 saturated heterocycles. The van der Waals surface area contributed by atoms with Crippen LogP contribution < -0.4 is 42.4 Å². The van der Waals surface area contributed by atoms with Crippen LogP contribution in [0.5, 0.6) is 11.5 Å². The van der Waals surface area contributed by atoms with Gasteiger partial charge in [0.15, 0.2) is 11.5 Å². The molecule has 30 heavy (non-hydrogen) atoms. The third-order valence-electron chi connectivity index (χ3n) is 5.48. The number of ether oxygens (including phenoxy) is 2. The Balaban J connectivity index is 0.00000218. The van der Waals surface area contributed by atoms with Crippen molar-refractivity contribution >= 4 is 23.2 Å². The van der Waals surface area contributed by atoms with E-state index in [1.807, 2.05) is 6.07 Å². The molecule has 0 fully saturated rings. The molecule has 0 spiro atoms. The molecule has 4 aromatic carbocycles. The average Bonchev–Trinajstić information content (AvgIpc) is 3.29. The van der Waals surface area contributed by atoms with Crippen LogP contribution in [0.15, 0.2) is 109 Å². The molecule has 4 aromatic rings. The SMILES string of the molecule is [Br-].c1ccc([P+](Cc2cccc3c2OCO3)(c2ccccc2)c2ccccc2)cc1. The number of para-hydroxylation sites is 1. The number of hydrogen-bond acceptors (Lipinski definition) is 2. The van der Waals surface area contributed by atoms with Crippen molar-refractivity contribution in [2.75, 3.05) is 6.79 Å². The van der Waals surface area contributed by atoms with Crippen LogP contribution in [0, 0.1) is 0 Å². The second kappa shape index (κ2) is 9.04. The first-order valence-corrected chi connectivity index (χ1v) is 11.8. The van der Waals surface area contributed by atoms with Crippen molar-refractivity contribution in [1.29, 1.82) is 0 Å². The van der Waals surface area contributed by atoms with Crippen LogP contribution in [0.25, 0.3) is 0 Å². The Morgan fingerprint density at radius 3 is 1.57 bits per heavy atom. The lowest BCUT2D eigenvalue weighted by Crippen LogP contribution is -3.00.